The number of fused-ring (bicyclic) bond motifs is 1. The lowest BCUT2D eigenvalue weighted by molar-refractivity contribution is -0.122. The van der Waals surface area contributed by atoms with Gasteiger partial charge in [-0.25, -0.2) is 4.79 Å². The molecule has 0 aliphatic carbocycles. The summed E-state index contributed by atoms with van der Waals surface area (Å²) < 4.78 is 5.26. The first kappa shape index (κ1) is 20.6. The molecule has 0 radical (unpaired) electrons. The third-order valence-electron chi connectivity index (χ3n) is 4.94. The van der Waals surface area contributed by atoms with Gasteiger partial charge in [0, 0.05) is 12.5 Å². The molecule has 2 amide bonds. The summed E-state index contributed by atoms with van der Waals surface area (Å²) in [5.74, 6) is -1.08. The van der Waals surface area contributed by atoms with E-state index in [-0.39, 0.29) is 29.7 Å². The predicted molar refractivity (Wildman–Crippen MR) is 112 cm³/mol. The van der Waals surface area contributed by atoms with Gasteiger partial charge >= 0.3 is 5.97 Å². The molecule has 2 aromatic carbocycles. The monoisotopic (exact) mass is 394 g/mol. The number of amides is 2. The third-order valence-corrected chi connectivity index (χ3v) is 4.94. The molecule has 0 spiro atoms. The fourth-order valence-electron chi connectivity index (χ4n) is 3.35. The number of nitrogens with zero attached hydrogens (tertiary/aromatic N) is 1. The Bertz CT molecular complexity index is 929. The number of para-hydroxylation sites is 2. The van der Waals surface area contributed by atoms with Crippen molar-refractivity contribution in [2.75, 3.05) is 16.8 Å². The Morgan fingerprint density at radius 2 is 1.76 bits per heavy atom. The van der Waals surface area contributed by atoms with E-state index >= 15 is 0 Å². The van der Waals surface area contributed by atoms with Crippen molar-refractivity contribution in [1.29, 1.82) is 0 Å². The lowest BCUT2D eigenvalue weighted by Crippen LogP contribution is -2.41. The minimum absolute atomic E-state index is 0.0137. The molecular formula is C23H26N2O4. The molecule has 0 bridgehead atoms. The van der Waals surface area contributed by atoms with E-state index in [9.17, 15) is 14.4 Å². The predicted octanol–water partition coefficient (Wildman–Crippen LogP) is 3.90. The number of ether oxygens (including phenoxy) is 1. The van der Waals surface area contributed by atoms with Gasteiger partial charge in [-0.2, -0.15) is 0 Å². The second kappa shape index (κ2) is 8.07. The third kappa shape index (κ3) is 4.65. The van der Waals surface area contributed by atoms with Crippen molar-refractivity contribution in [3.63, 3.8) is 0 Å². The van der Waals surface area contributed by atoms with E-state index in [2.05, 4.69) is 26.1 Å². The molecule has 0 saturated heterocycles. The first-order valence-corrected chi connectivity index (χ1v) is 9.65. The SMILES string of the molecule is C[C@@H]1CC(=O)Nc2ccccc2N1C(=O)COC(=O)c1ccc(C(C)(C)C)cc1. The highest BCUT2D eigenvalue weighted by Gasteiger charge is 2.30. The lowest BCUT2D eigenvalue weighted by Gasteiger charge is -2.27. The average molecular weight is 394 g/mol. The second-order valence-corrected chi connectivity index (χ2v) is 8.29. The van der Waals surface area contributed by atoms with E-state index in [1.165, 1.54) is 4.90 Å². The fraction of sp³-hybridized carbons (Fsp3) is 0.348. The summed E-state index contributed by atoms with van der Waals surface area (Å²) in [5.41, 5.74) is 2.66. The van der Waals surface area contributed by atoms with Crippen molar-refractivity contribution in [1.82, 2.24) is 0 Å². The number of anilines is 2. The molecule has 152 valence electrons. The molecule has 0 aromatic heterocycles. The maximum Gasteiger partial charge on any atom is 0.338 e. The van der Waals surface area contributed by atoms with Crippen LogP contribution in [0.2, 0.25) is 0 Å². The van der Waals surface area contributed by atoms with Crippen molar-refractivity contribution < 1.29 is 19.1 Å². The number of carbonyl (C=O) groups is 3. The first-order valence-electron chi connectivity index (χ1n) is 9.65. The second-order valence-electron chi connectivity index (χ2n) is 8.29. The van der Waals surface area contributed by atoms with Crippen molar-refractivity contribution in [3.05, 3.63) is 59.7 Å². The Balaban J connectivity index is 1.71. The van der Waals surface area contributed by atoms with Crippen LogP contribution >= 0.6 is 0 Å². The molecule has 0 unspecified atom stereocenters. The standard InChI is InChI=1S/C23H26N2O4/c1-15-13-20(26)24-18-7-5-6-8-19(18)25(15)21(27)14-29-22(28)16-9-11-17(12-10-16)23(2,3)4/h5-12,15H,13-14H2,1-4H3,(H,24,26)/t15-/m1/s1. The fourth-order valence-corrected chi connectivity index (χ4v) is 3.35. The molecule has 6 nitrogen and oxygen atoms in total. The van der Waals surface area contributed by atoms with E-state index in [0.717, 1.165) is 5.56 Å². The lowest BCUT2D eigenvalue weighted by atomic mass is 9.87. The molecule has 2 aromatic rings. The number of carbonyl (C=O) groups excluding carboxylic acids is 3. The van der Waals surface area contributed by atoms with Gasteiger partial charge in [0.2, 0.25) is 5.91 Å². The Hall–Kier alpha value is -3.15. The molecule has 6 heteroatoms. The van der Waals surface area contributed by atoms with Crippen LogP contribution in [-0.2, 0) is 19.7 Å². The summed E-state index contributed by atoms with van der Waals surface area (Å²) in [6.45, 7) is 7.69. The van der Waals surface area contributed by atoms with E-state index in [4.69, 9.17) is 4.74 Å². The zero-order valence-electron chi connectivity index (χ0n) is 17.2. The maximum atomic E-state index is 12.9. The van der Waals surface area contributed by atoms with E-state index in [1.807, 2.05) is 12.1 Å². The van der Waals surface area contributed by atoms with Crippen molar-refractivity contribution in [3.8, 4) is 0 Å². The van der Waals surface area contributed by atoms with Crippen LogP contribution in [-0.4, -0.2) is 30.4 Å². The Labute approximate surface area is 170 Å². The summed E-state index contributed by atoms with van der Waals surface area (Å²) in [5, 5.41) is 2.81. The number of benzene rings is 2. The topological polar surface area (TPSA) is 75.7 Å². The number of nitrogens with one attached hydrogen (secondary N) is 1. The molecule has 0 saturated carbocycles. The molecule has 1 atom stereocenters. The van der Waals surface area contributed by atoms with Gasteiger partial charge in [-0.15, -0.1) is 0 Å². The molecule has 0 fully saturated rings. The van der Waals surface area contributed by atoms with Crippen LogP contribution in [0.15, 0.2) is 48.5 Å². The zero-order chi connectivity index (χ0) is 21.2. The number of hydrogen-bond donors (Lipinski definition) is 1. The van der Waals surface area contributed by atoms with Crippen LogP contribution in [0.5, 0.6) is 0 Å². The maximum absolute atomic E-state index is 12.9. The summed E-state index contributed by atoms with van der Waals surface area (Å²) in [6.07, 6.45) is 0.169. The molecular weight excluding hydrogens is 368 g/mol. The zero-order valence-corrected chi connectivity index (χ0v) is 17.2. The largest absolute Gasteiger partial charge is 0.452 e. The number of hydrogen-bond acceptors (Lipinski definition) is 4. The van der Waals surface area contributed by atoms with Crippen LogP contribution in [0.25, 0.3) is 0 Å². The van der Waals surface area contributed by atoms with Crippen LogP contribution in [0.4, 0.5) is 11.4 Å². The highest BCUT2D eigenvalue weighted by atomic mass is 16.5. The summed E-state index contributed by atoms with van der Waals surface area (Å²) in [6, 6.07) is 13.9. The van der Waals surface area contributed by atoms with Gasteiger partial charge in [0.25, 0.3) is 5.91 Å². The highest BCUT2D eigenvalue weighted by Crippen LogP contribution is 2.31. The van der Waals surface area contributed by atoms with Gasteiger partial charge < -0.3 is 15.0 Å². The minimum Gasteiger partial charge on any atom is -0.452 e. The van der Waals surface area contributed by atoms with Crippen molar-refractivity contribution in [2.24, 2.45) is 0 Å². The quantitative estimate of drug-likeness (QED) is 0.801. The molecule has 29 heavy (non-hydrogen) atoms. The smallest absolute Gasteiger partial charge is 0.338 e. The number of rotatable bonds is 3. The van der Waals surface area contributed by atoms with E-state index in [0.29, 0.717) is 16.9 Å². The minimum atomic E-state index is -0.552. The summed E-state index contributed by atoms with van der Waals surface area (Å²) >= 11 is 0. The van der Waals surface area contributed by atoms with E-state index in [1.54, 1.807) is 43.3 Å². The summed E-state index contributed by atoms with van der Waals surface area (Å²) in [4.78, 5) is 38.8. The molecule has 1 heterocycles. The van der Waals surface area contributed by atoms with Crippen LogP contribution in [0, 0.1) is 0 Å². The van der Waals surface area contributed by atoms with Gasteiger partial charge in [-0.3, -0.25) is 9.59 Å². The number of esters is 1. The van der Waals surface area contributed by atoms with Gasteiger partial charge in [-0.05, 0) is 42.2 Å². The van der Waals surface area contributed by atoms with Gasteiger partial charge in [0.15, 0.2) is 6.61 Å². The highest BCUT2D eigenvalue weighted by molar-refractivity contribution is 6.05. The van der Waals surface area contributed by atoms with Crippen LogP contribution in [0.1, 0.15) is 50.0 Å². The molecule has 1 aliphatic rings. The van der Waals surface area contributed by atoms with Crippen molar-refractivity contribution in [2.45, 2.75) is 45.6 Å². The Morgan fingerprint density at radius 1 is 1.10 bits per heavy atom. The Morgan fingerprint density at radius 3 is 2.41 bits per heavy atom. The van der Waals surface area contributed by atoms with Crippen LogP contribution < -0.4 is 10.2 Å². The van der Waals surface area contributed by atoms with Crippen molar-refractivity contribution >= 4 is 29.2 Å². The molecule has 1 N–H and O–H groups in total. The molecule has 3 rings (SSSR count). The van der Waals surface area contributed by atoms with Crippen LogP contribution in [0.3, 0.4) is 0 Å². The average Bonchev–Trinajstić information content (AvgIpc) is 2.79. The normalized spacial score (nSPS) is 16.5. The van der Waals surface area contributed by atoms with E-state index < -0.39 is 12.6 Å². The van der Waals surface area contributed by atoms with Gasteiger partial charge in [0.1, 0.15) is 0 Å². The van der Waals surface area contributed by atoms with Gasteiger partial charge in [-0.1, -0.05) is 45.0 Å². The molecule has 1 aliphatic heterocycles. The Kier molecular flexibility index (Phi) is 5.73. The van der Waals surface area contributed by atoms with Gasteiger partial charge in [0.05, 0.1) is 16.9 Å². The first-order chi connectivity index (χ1) is 13.7. The summed E-state index contributed by atoms with van der Waals surface area (Å²) in [7, 11) is 0.